The molecule has 0 atom stereocenters. The molecule has 0 spiro atoms. The smallest absolute Gasteiger partial charge is 0.250 e. The van der Waals surface area contributed by atoms with Crippen molar-refractivity contribution in [2.75, 3.05) is 11.9 Å². The van der Waals surface area contributed by atoms with Crippen LogP contribution in [0.3, 0.4) is 0 Å². The lowest BCUT2D eigenvalue weighted by molar-refractivity contribution is 0.1000. The van der Waals surface area contributed by atoms with Crippen LogP contribution in [0.15, 0.2) is 42.6 Å². The summed E-state index contributed by atoms with van der Waals surface area (Å²) in [6.45, 7) is 0.496. The van der Waals surface area contributed by atoms with Gasteiger partial charge in [-0.05, 0) is 29.8 Å². The van der Waals surface area contributed by atoms with Gasteiger partial charge in [0.1, 0.15) is 5.82 Å². The molecular weight excluding hydrogens is 240 g/mol. The second-order valence-electron chi connectivity index (χ2n) is 4.20. The van der Waals surface area contributed by atoms with Crippen LogP contribution in [-0.4, -0.2) is 17.9 Å². The molecule has 0 radical (unpaired) electrons. The first-order chi connectivity index (χ1) is 9.11. The van der Waals surface area contributed by atoms with Crippen molar-refractivity contribution in [3.05, 3.63) is 53.7 Å². The van der Waals surface area contributed by atoms with E-state index < -0.39 is 5.91 Å². The molecule has 19 heavy (non-hydrogen) atoms. The fourth-order valence-corrected chi connectivity index (χ4v) is 1.75. The summed E-state index contributed by atoms with van der Waals surface area (Å²) in [5.74, 6) is 0.256. The van der Waals surface area contributed by atoms with Crippen molar-refractivity contribution in [1.29, 1.82) is 0 Å². The molecule has 0 fully saturated rings. The Morgan fingerprint density at radius 2 is 2.11 bits per heavy atom. The van der Waals surface area contributed by atoms with Crippen molar-refractivity contribution in [3.8, 4) is 0 Å². The van der Waals surface area contributed by atoms with Gasteiger partial charge in [0.05, 0.1) is 5.56 Å². The average Bonchev–Trinajstić information content (AvgIpc) is 2.46. The number of nitrogens with zero attached hydrogens (tertiary/aromatic N) is 2. The molecule has 4 N–H and O–H groups in total. The first-order valence-electron chi connectivity index (χ1n) is 5.90. The maximum Gasteiger partial charge on any atom is 0.250 e. The van der Waals surface area contributed by atoms with Crippen LogP contribution in [0.25, 0.3) is 0 Å². The molecule has 1 aromatic carbocycles. The van der Waals surface area contributed by atoms with Gasteiger partial charge < -0.3 is 16.4 Å². The number of pyridine rings is 1. The van der Waals surface area contributed by atoms with E-state index in [0.29, 0.717) is 12.1 Å². The third-order valence-electron chi connectivity index (χ3n) is 2.91. The number of hydrogen-bond acceptors (Lipinski definition) is 4. The van der Waals surface area contributed by atoms with Gasteiger partial charge in [-0.25, -0.2) is 4.98 Å². The Kier molecular flexibility index (Phi) is 3.77. The molecule has 5 nitrogen and oxygen atoms in total. The molecule has 0 aliphatic carbocycles. The SMILES string of the molecule is CN(c1cccc(CN)c1)c1ccc(C(N)=O)cn1. The van der Waals surface area contributed by atoms with E-state index >= 15 is 0 Å². The molecule has 0 aliphatic heterocycles. The number of aromatic nitrogens is 1. The van der Waals surface area contributed by atoms with Crippen LogP contribution in [0.2, 0.25) is 0 Å². The highest BCUT2D eigenvalue weighted by Gasteiger charge is 2.07. The Bertz CT molecular complexity index is 580. The van der Waals surface area contributed by atoms with Crippen LogP contribution >= 0.6 is 0 Å². The molecule has 98 valence electrons. The Morgan fingerprint density at radius 3 is 2.68 bits per heavy atom. The summed E-state index contributed by atoms with van der Waals surface area (Å²) < 4.78 is 0. The highest BCUT2D eigenvalue weighted by molar-refractivity contribution is 5.92. The number of anilines is 2. The molecule has 0 saturated carbocycles. The summed E-state index contributed by atoms with van der Waals surface area (Å²) in [4.78, 5) is 17.1. The second kappa shape index (κ2) is 5.49. The van der Waals surface area contributed by atoms with Crippen LogP contribution in [0.1, 0.15) is 15.9 Å². The van der Waals surface area contributed by atoms with E-state index in [4.69, 9.17) is 11.5 Å². The molecular formula is C14H16N4O. The zero-order valence-electron chi connectivity index (χ0n) is 10.7. The number of benzene rings is 1. The predicted octanol–water partition coefficient (Wildman–Crippen LogP) is 1.41. The Balaban J connectivity index is 2.27. The molecule has 1 aromatic heterocycles. The fraction of sp³-hybridized carbons (Fsp3) is 0.143. The van der Waals surface area contributed by atoms with Gasteiger partial charge >= 0.3 is 0 Å². The van der Waals surface area contributed by atoms with Crippen molar-refractivity contribution in [2.24, 2.45) is 11.5 Å². The first kappa shape index (κ1) is 13.0. The van der Waals surface area contributed by atoms with Gasteiger partial charge in [-0.3, -0.25) is 4.79 Å². The molecule has 2 rings (SSSR count). The van der Waals surface area contributed by atoms with Gasteiger partial charge in [-0.15, -0.1) is 0 Å². The van der Waals surface area contributed by atoms with Gasteiger partial charge in [-0.2, -0.15) is 0 Å². The summed E-state index contributed by atoms with van der Waals surface area (Å²) in [7, 11) is 1.90. The maximum absolute atomic E-state index is 11.0. The minimum Gasteiger partial charge on any atom is -0.366 e. The number of primary amides is 1. The Morgan fingerprint density at radius 1 is 1.32 bits per heavy atom. The van der Waals surface area contributed by atoms with Crippen molar-refractivity contribution in [3.63, 3.8) is 0 Å². The largest absolute Gasteiger partial charge is 0.366 e. The van der Waals surface area contributed by atoms with E-state index in [-0.39, 0.29) is 0 Å². The highest BCUT2D eigenvalue weighted by atomic mass is 16.1. The lowest BCUT2D eigenvalue weighted by Crippen LogP contribution is -2.14. The molecule has 1 heterocycles. The lowest BCUT2D eigenvalue weighted by atomic mass is 10.2. The van der Waals surface area contributed by atoms with Crippen LogP contribution in [0.4, 0.5) is 11.5 Å². The second-order valence-corrected chi connectivity index (χ2v) is 4.20. The summed E-state index contributed by atoms with van der Waals surface area (Å²) in [6.07, 6.45) is 1.47. The molecule has 1 amide bonds. The van der Waals surface area contributed by atoms with E-state index in [2.05, 4.69) is 4.98 Å². The van der Waals surface area contributed by atoms with Gasteiger partial charge in [-0.1, -0.05) is 12.1 Å². The van der Waals surface area contributed by atoms with E-state index in [9.17, 15) is 4.79 Å². The topological polar surface area (TPSA) is 85.2 Å². The monoisotopic (exact) mass is 256 g/mol. The average molecular weight is 256 g/mol. The van der Waals surface area contributed by atoms with Gasteiger partial charge in [0.2, 0.25) is 5.91 Å². The molecule has 5 heteroatoms. The van der Waals surface area contributed by atoms with Crippen LogP contribution in [0, 0.1) is 0 Å². The fourth-order valence-electron chi connectivity index (χ4n) is 1.75. The van der Waals surface area contributed by atoms with Crippen molar-refractivity contribution in [2.45, 2.75) is 6.54 Å². The molecule has 0 saturated heterocycles. The minimum absolute atomic E-state index is 0.396. The highest BCUT2D eigenvalue weighted by Crippen LogP contribution is 2.22. The molecule has 0 aliphatic rings. The summed E-state index contributed by atoms with van der Waals surface area (Å²) in [5, 5.41) is 0. The number of nitrogens with two attached hydrogens (primary N) is 2. The number of hydrogen-bond donors (Lipinski definition) is 2. The van der Waals surface area contributed by atoms with Crippen LogP contribution < -0.4 is 16.4 Å². The number of carbonyl (C=O) groups excluding carboxylic acids is 1. The summed E-state index contributed by atoms with van der Waals surface area (Å²) in [5.41, 5.74) is 13.2. The molecule has 0 bridgehead atoms. The van der Waals surface area contributed by atoms with Crippen molar-refractivity contribution in [1.82, 2.24) is 4.98 Å². The zero-order valence-corrected chi connectivity index (χ0v) is 10.7. The van der Waals surface area contributed by atoms with E-state index in [0.717, 1.165) is 17.1 Å². The number of carbonyl (C=O) groups is 1. The van der Waals surface area contributed by atoms with Gasteiger partial charge in [0, 0.05) is 25.5 Å². The van der Waals surface area contributed by atoms with E-state index in [1.165, 1.54) is 6.20 Å². The van der Waals surface area contributed by atoms with Crippen molar-refractivity contribution >= 4 is 17.4 Å². The third-order valence-corrected chi connectivity index (χ3v) is 2.91. The van der Waals surface area contributed by atoms with E-state index in [1.54, 1.807) is 12.1 Å². The summed E-state index contributed by atoms with van der Waals surface area (Å²) >= 11 is 0. The molecule has 2 aromatic rings. The normalized spacial score (nSPS) is 10.2. The van der Waals surface area contributed by atoms with E-state index in [1.807, 2.05) is 36.2 Å². The Labute approximate surface area is 111 Å². The Hall–Kier alpha value is -2.40. The van der Waals surface area contributed by atoms with Crippen molar-refractivity contribution < 1.29 is 4.79 Å². The first-order valence-corrected chi connectivity index (χ1v) is 5.90. The standard InChI is InChI=1S/C14H16N4O/c1-18(12-4-2-3-10(7-12)8-15)13-6-5-11(9-17-13)14(16)19/h2-7,9H,8,15H2,1H3,(H2,16,19). The minimum atomic E-state index is -0.480. The quantitative estimate of drug-likeness (QED) is 0.866. The number of amides is 1. The van der Waals surface area contributed by atoms with Crippen LogP contribution in [-0.2, 0) is 6.54 Å². The summed E-state index contributed by atoms with van der Waals surface area (Å²) in [6, 6.07) is 11.3. The predicted molar refractivity (Wildman–Crippen MR) is 75.2 cm³/mol. The molecule has 0 unspecified atom stereocenters. The van der Waals surface area contributed by atoms with Gasteiger partial charge in [0.15, 0.2) is 0 Å². The van der Waals surface area contributed by atoms with Gasteiger partial charge in [0.25, 0.3) is 0 Å². The number of rotatable bonds is 4. The van der Waals surface area contributed by atoms with Crippen LogP contribution in [0.5, 0.6) is 0 Å². The lowest BCUT2D eigenvalue weighted by Gasteiger charge is -2.19. The maximum atomic E-state index is 11.0. The third kappa shape index (κ3) is 2.89. The zero-order chi connectivity index (χ0) is 13.8.